The second-order valence-corrected chi connectivity index (χ2v) is 6.01. The molecule has 1 atom stereocenters. The molecule has 0 spiro atoms. The molecule has 24 heavy (non-hydrogen) atoms. The fraction of sp³-hybridized carbons (Fsp3) is 0.316. The van der Waals surface area contributed by atoms with Gasteiger partial charge in [-0.2, -0.15) is 0 Å². The molecule has 1 N–H and O–H groups in total. The molecule has 0 aliphatic rings. The lowest BCUT2D eigenvalue weighted by atomic mass is 10.1. The minimum atomic E-state index is -0.634. The average molecular weight is 348 g/mol. The Morgan fingerprint density at radius 1 is 1.17 bits per heavy atom. The Morgan fingerprint density at radius 3 is 2.67 bits per heavy atom. The highest BCUT2D eigenvalue weighted by Crippen LogP contribution is 2.24. The number of hydrogen-bond acceptors (Lipinski definition) is 3. The number of ether oxygens (including phenoxy) is 2. The summed E-state index contributed by atoms with van der Waals surface area (Å²) in [5.41, 5.74) is 2.21. The number of aryl methyl sites for hydroxylation is 2. The largest absolute Gasteiger partial charge is 0.491 e. The van der Waals surface area contributed by atoms with E-state index in [1.165, 1.54) is 0 Å². The molecule has 0 bridgehead atoms. The van der Waals surface area contributed by atoms with Gasteiger partial charge in [0.1, 0.15) is 18.1 Å². The summed E-state index contributed by atoms with van der Waals surface area (Å²) in [5, 5.41) is 3.28. The second kappa shape index (κ2) is 8.60. The Balaban J connectivity index is 1.76. The second-order valence-electron chi connectivity index (χ2n) is 5.60. The first-order valence-electron chi connectivity index (χ1n) is 7.86. The Morgan fingerprint density at radius 2 is 1.92 bits per heavy atom. The maximum atomic E-state index is 12.1. The lowest BCUT2D eigenvalue weighted by molar-refractivity contribution is -0.127. The van der Waals surface area contributed by atoms with Crippen molar-refractivity contribution in [3.05, 3.63) is 58.6 Å². The van der Waals surface area contributed by atoms with E-state index >= 15 is 0 Å². The topological polar surface area (TPSA) is 47.6 Å². The van der Waals surface area contributed by atoms with E-state index in [1.807, 2.05) is 44.2 Å². The molecule has 0 fully saturated rings. The van der Waals surface area contributed by atoms with Crippen molar-refractivity contribution in [1.82, 2.24) is 5.32 Å². The van der Waals surface area contributed by atoms with Crippen LogP contribution in [0.4, 0.5) is 0 Å². The van der Waals surface area contributed by atoms with Crippen LogP contribution in [0, 0.1) is 13.8 Å². The molecular formula is C19H22ClNO3. The Labute approximate surface area is 147 Å². The van der Waals surface area contributed by atoms with Crippen molar-refractivity contribution in [1.29, 1.82) is 0 Å². The summed E-state index contributed by atoms with van der Waals surface area (Å²) >= 11 is 6.02. The molecule has 0 aromatic heterocycles. The van der Waals surface area contributed by atoms with Crippen LogP contribution in [0.1, 0.15) is 18.1 Å². The molecule has 0 saturated carbocycles. The summed E-state index contributed by atoms with van der Waals surface area (Å²) in [4.78, 5) is 12.1. The van der Waals surface area contributed by atoms with Gasteiger partial charge in [0.2, 0.25) is 0 Å². The molecule has 128 valence electrons. The van der Waals surface area contributed by atoms with E-state index in [0.717, 1.165) is 16.9 Å². The van der Waals surface area contributed by atoms with Crippen LogP contribution in [0.5, 0.6) is 11.5 Å². The van der Waals surface area contributed by atoms with Crippen LogP contribution in [0.25, 0.3) is 0 Å². The summed E-state index contributed by atoms with van der Waals surface area (Å²) in [6, 6.07) is 13.1. The highest BCUT2D eigenvalue weighted by molar-refractivity contribution is 6.32. The van der Waals surface area contributed by atoms with Crippen molar-refractivity contribution in [2.75, 3.05) is 13.2 Å². The SMILES string of the molecule is Cc1ccc(C)c(OCCNC(=O)[C@H](C)Oc2ccccc2Cl)c1. The predicted octanol–water partition coefficient (Wildman–Crippen LogP) is 3.92. The molecular weight excluding hydrogens is 326 g/mol. The van der Waals surface area contributed by atoms with Gasteiger partial charge in [-0.05, 0) is 50.1 Å². The van der Waals surface area contributed by atoms with Gasteiger partial charge in [0.05, 0.1) is 11.6 Å². The first-order chi connectivity index (χ1) is 11.5. The molecule has 2 aromatic carbocycles. The maximum Gasteiger partial charge on any atom is 0.260 e. The van der Waals surface area contributed by atoms with Crippen molar-refractivity contribution >= 4 is 17.5 Å². The quantitative estimate of drug-likeness (QED) is 0.772. The number of carbonyl (C=O) groups is 1. The Hall–Kier alpha value is -2.20. The molecule has 0 radical (unpaired) electrons. The van der Waals surface area contributed by atoms with Gasteiger partial charge >= 0.3 is 0 Å². The number of para-hydroxylation sites is 1. The average Bonchev–Trinajstić information content (AvgIpc) is 2.56. The Bertz CT molecular complexity index is 703. The van der Waals surface area contributed by atoms with Gasteiger partial charge in [0.15, 0.2) is 6.10 Å². The fourth-order valence-electron chi connectivity index (χ4n) is 2.13. The van der Waals surface area contributed by atoms with Crippen molar-refractivity contribution < 1.29 is 14.3 Å². The number of hydrogen-bond donors (Lipinski definition) is 1. The number of nitrogens with one attached hydrogen (secondary N) is 1. The zero-order chi connectivity index (χ0) is 17.5. The number of rotatable bonds is 7. The van der Waals surface area contributed by atoms with Gasteiger partial charge in [-0.1, -0.05) is 35.9 Å². The van der Waals surface area contributed by atoms with Gasteiger partial charge < -0.3 is 14.8 Å². The molecule has 0 aliphatic heterocycles. The molecule has 0 heterocycles. The molecule has 2 aromatic rings. The van der Waals surface area contributed by atoms with Gasteiger partial charge in [0, 0.05) is 0 Å². The number of benzene rings is 2. The van der Waals surface area contributed by atoms with Crippen molar-refractivity contribution in [3.8, 4) is 11.5 Å². The number of amides is 1. The third-order valence-corrected chi connectivity index (χ3v) is 3.82. The minimum absolute atomic E-state index is 0.209. The van der Waals surface area contributed by atoms with Crippen molar-refractivity contribution in [3.63, 3.8) is 0 Å². The highest BCUT2D eigenvalue weighted by atomic mass is 35.5. The summed E-state index contributed by atoms with van der Waals surface area (Å²) < 4.78 is 11.3. The maximum absolute atomic E-state index is 12.1. The van der Waals surface area contributed by atoms with Crippen LogP contribution in [0.2, 0.25) is 5.02 Å². The Kier molecular flexibility index (Phi) is 6.50. The summed E-state index contributed by atoms with van der Waals surface area (Å²) in [6.45, 7) is 6.50. The van der Waals surface area contributed by atoms with Gasteiger partial charge in [-0.3, -0.25) is 4.79 Å². The first kappa shape index (κ1) is 18.1. The molecule has 1 amide bonds. The van der Waals surface area contributed by atoms with E-state index in [-0.39, 0.29) is 5.91 Å². The van der Waals surface area contributed by atoms with Crippen LogP contribution in [-0.4, -0.2) is 25.2 Å². The monoisotopic (exact) mass is 347 g/mol. The highest BCUT2D eigenvalue weighted by Gasteiger charge is 2.15. The third kappa shape index (κ3) is 5.17. The zero-order valence-corrected chi connectivity index (χ0v) is 14.9. The lowest BCUT2D eigenvalue weighted by Crippen LogP contribution is -2.38. The van der Waals surface area contributed by atoms with Crippen molar-refractivity contribution in [2.45, 2.75) is 26.9 Å². The van der Waals surface area contributed by atoms with Crippen LogP contribution in [0.15, 0.2) is 42.5 Å². The lowest BCUT2D eigenvalue weighted by Gasteiger charge is -2.16. The predicted molar refractivity (Wildman–Crippen MR) is 96.0 cm³/mol. The fourth-order valence-corrected chi connectivity index (χ4v) is 2.31. The molecule has 0 saturated heterocycles. The van der Waals surface area contributed by atoms with E-state index in [0.29, 0.717) is 23.9 Å². The zero-order valence-electron chi connectivity index (χ0n) is 14.1. The van der Waals surface area contributed by atoms with Crippen LogP contribution in [-0.2, 0) is 4.79 Å². The first-order valence-corrected chi connectivity index (χ1v) is 8.24. The summed E-state index contributed by atoms with van der Waals surface area (Å²) in [5.74, 6) is 1.12. The van der Waals surface area contributed by atoms with Gasteiger partial charge in [-0.15, -0.1) is 0 Å². The van der Waals surface area contributed by atoms with Crippen LogP contribution >= 0.6 is 11.6 Å². The molecule has 0 unspecified atom stereocenters. The number of halogens is 1. The summed E-state index contributed by atoms with van der Waals surface area (Å²) in [6.07, 6.45) is -0.634. The standard InChI is InChI=1S/C19H22ClNO3/c1-13-8-9-14(2)18(12-13)23-11-10-21-19(22)15(3)24-17-7-5-4-6-16(17)20/h4-9,12,15H,10-11H2,1-3H3,(H,21,22)/t15-/m0/s1. The normalized spacial score (nSPS) is 11.7. The molecule has 4 nitrogen and oxygen atoms in total. The summed E-state index contributed by atoms with van der Waals surface area (Å²) in [7, 11) is 0. The van der Waals surface area contributed by atoms with E-state index in [2.05, 4.69) is 5.32 Å². The van der Waals surface area contributed by atoms with E-state index in [4.69, 9.17) is 21.1 Å². The van der Waals surface area contributed by atoms with E-state index in [9.17, 15) is 4.79 Å². The van der Waals surface area contributed by atoms with Crippen LogP contribution < -0.4 is 14.8 Å². The molecule has 2 rings (SSSR count). The van der Waals surface area contributed by atoms with Crippen molar-refractivity contribution in [2.24, 2.45) is 0 Å². The molecule has 0 aliphatic carbocycles. The number of carbonyl (C=O) groups excluding carboxylic acids is 1. The molecule has 5 heteroatoms. The van der Waals surface area contributed by atoms with E-state index < -0.39 is 6.10 Å². The smallest absolute Gasteiger partial charge is 0.260 e. The third-order valence-electron chi connectivity index (χ3n) is 3.51. The minimum Gasteiger partial charge on any atom is -0.491 e. The van der Waals surface area contributed by atoms with Crippen LogP contribution in [0.3, 0.4) is 0 Å². The van der Waals surface area contributed by atoms with Gasteiger partial charge in [0.25, 0.3) is 5.91 Å². The van der Waals surface area contributed by atoms with E-state index in [1.54, 1.807) is 19.1 Å². The van der Waals surface area contributed by atoms with Gasteiger partial charge in [-0.25, -0.2) is 0 Å².